The number of halogens is 1. The van der Waals surface area contributed by atoms with E-state index in [0.29, 0.717) is 21.4 Å². The smallest absolute Gasteiger partial charge is 0.322 e. The van der Waals surface area contributed by atoms with Gasteiger partial charge in [0.2, 0.25) is 11.2 Å². The second-order valence-electron chi connectivity index (χ2n) is 5.97. The van der Waals surface area contributed by atoms with E-state index in [1.807, 2.05) is 6.07 Å². The first kappa shape index (κ1) is 20.4. The van der Waals surface area contributed by atoms with Crippen molar-refractivity contribution in [3.05, 3.63) is 62.9 Å². The number of amides is 1. The molecule has 1 aromatic heterocycles. The second kappa shape index (κ2) is 8.78. The topological polar surface area (TPSA) is 115 Å². The molecule has 0 aliphatic heterocycles. The van der Waals surface area contributed by atoms with Crippen molar-refractivity contribution in [2.45, 2.75) is 6.92 Å². The minimum Gasteiger partial charge on any atom is -0.484 e. The van der Waals surface area contributed by atoms with Gasteiger partial charge in [-0.2, -0.15) is 0 Å². The SMILES string of the molecule is Cc1oc2cc(OCC(=O)NCC(=O)O)ccc2c(=O)c1Oc1ccccc1Br. The van der Waals surface area contributed by atoms with Crippen molar-refractivity contribution in [2.24, 2.45) is 0 Å². The number of hydrogen-bond donors (Lipinski definition) is 2. The third kappa shape index (κ3) is 4.94. The minimum absolute atomic E-state index is 0.0751. The van der Waals surface area contributed by atoms with Crippen LogP contribution in [0.3, 0.4) is 0 Å². The molecule has 0 fully saturated rings. The monoisotopic (exact) mass is 461 g/mol. The van der Waals surface area contributed by atoms with Crippen LogP contribution >= 0.6 is 15.9 Å². The zero-order chi connectivity index (χ0) is 21.0. The lowest BCUT2D eigenvalue weighted by Crippen LogP contribution is -2.33. The first-order valence-corrected chi connectivity index (χ1v) is 9.25. The molecular weight excluding hydrogens is 446 g/mol. The Kier molecular flexibility index (Phi) is 6.18. The summed E-state index contributed by atoms with van der Waals surface area (Å²) in [6.45, 7) is 0.749. The number of carbonyl (C=O) groups excluding carboxylic acids is 1. The summed E-state index contributed by atoms with van der Waals surface area (Å²) in [6, 6.07) is 11.6. The summed E-state index contributed by atoms with van der Waals surface area (Å²) < 4.78 is 17.5. The van der Waals surface area contributed by atoms with E-state index in [2.05, 4.69) is 21.2 Å². The van der Waals surface area contributed by atoms with Crippen molar-refractivity contribution in [1.29, 1.82) is 0 Å². The van der Waals surface area contributed by atoms with E-state index in [1.165, 1.54) is 18.2 Å². The van der Waals surface area contributed by atoms with Gasteiger partial charge in [0.15, 0.2) is 6.61 Å². The summed E-state index contributed by atoms with van der Waals surface area (Å²) >= 11 is 3.37. The number of ether oxygens (including phenoxy) is 2. The number of aliphatic carboxylic acids is 1. The van der Waals surface area contributed by atoms with E-state index in [9.17, 15) is 14.4 Å². The molecule has 2 N–H and O–H groups in total. The molecule has 3 aromatic rings. The van der Waals surface area contributed by atoms with Crippen molar-refractivity contribution in [3.63, 3.8) is 0 Å². The molecule has 9 heteroatoms. The first-order valence-electron chi connectivity index (χ1n) is 8.46. The van der Waals surface area contributed by atoms with E-state index >= 15 is 0 Å². The quantitative estimate of drug-likeness (QED) is 0.554. The lowest BCUT2D eigenvalue weighted by atomic mass is 10.2. The predicted molar refractivity (Wildman–Crippen MR) is 108 cm³/mol. The molecule has 8 nitrogen and oxygen atoms in total. The Morgan fingerprint density at radius 2 is 1.97 bits per heavy atom. The summed E-state index contributed by atoms with van der Waals surface area (Å²) in [5.74, 6) is -0.593. The van der Waals surface area contributed by atoms with Crippen LogP contribution in [0.5, 0.6) is 17.2 Å². The average molecular weight is 462 g/mol. The number of hydrogen-bond acceptors (Lipinski definition) is 6. The molecule has 0 aliphatic rings. The van der Waals surface area contributed by atoms with E-state index in [1.54, 1.807) is 25.1 Å². The largest absolute Gasteiger partial charge is 0.484 e. The highest BCUT2D eigenvalue weighted by Gasteiger charge is 2.16. The van der Waals surface area contributed by atoms with Gasteiger partial charge in [-0.1, -0.05) is 12.1 Å². The Morgan fingerprint density at radius 1 is 1.21 bits per heavy atom. The van der Waals surface area contributed by atoms with Crippen LogP contribution in [0.1, 0.15) is 5.76 Å². The second-order valence-corrected chi connectivity index (χ2v) is 6.82. The molecule has 0 bridgehead atoms. The van der Waals surface area contributed by atoms with Crippen molar-refractivity contribution >= 4 is 38.8 Å². The molecular formula is C20H16BrNO7. The minimum atomic E-state index is -1.15. The number of fused-ring (bicyclic) bond motifs is 1. The Bertz CT molecular complexity index is 1140. The zero-order valence-electron chi connectivity index (χ0n) is 15.2. The fraction of sp³-hybridized carbons (Fsp3) is 0.150. The van der Waals surface area contributed by atoms with Crippen molar-refractivity contribution in [3.8, 4) is 17.2 Å². The highest BCUT2D eigenvalue weighted by atomic mass is 79.9. The van der Waals surface area contributed by atoms with Crippen LogP contribution in [0.2, 0.25) is 0 Å². The molecule has 1 amide bonds. The van der Waals surface area contributed by atoms with Gasteiger partial charge in [-0.05, 0) is 47.1 Å². The molecule has 2 aromatic carbocycles. The standard InChI is InChI=1S/C20H16BrNO7/c1-11-20(29-15-5-3-2-4-14(15)21)19(26)13-7-6-12(8-16(13)28-11)27-10-17(23)22-9-18(24)25/h2-8H,9-10H2,1H3,(H,22,23)(H,24,25). The summed E-state index contributed by atoms with van der Waals surface area (Å²) in [5, 5.41) is 11.0. The Labute approximate surface area is 173 Å². The van der Waals surface area contributed by atoms with Gasteiger partial charge in [0.25, 0.3) is 5.91 Å². The fourth-order valence-electron chi connectivity index (χ4n) is 2.49. The first-order chi connectivity index (χ1) is 13.8. The van der Waals surface area contributed by atoms with E-state index in [4.69, 9.17) is 19.0 Å². The van der Waals surface area contributed by atoms with Gasteiger partial charge in [-0.15, -0.1) is 0 Å². The Hall–Kier alpha value is -3.33. The van der Waals surface area contributed by atoms with Crippen LogP contribution < -0.4 is 20.2 Å². The number of benzene rings is 2. The van der Waals surface area contributed by atoms with Crippen LogP contribution in [0.25, 0.3) is 11.0 Å². The molecule has 150 valence electrons. The van der Waals surface area contributed by atoms with Gasteiger partial charge in [0.05, 0.1) is 9.86 Å². The highest BCUT2D eigenvalue weighted by molar-refractivity contribution is 9.10. The number of aryl methyl sites for hydroxylation is 1. The molecule has 0 atom stereocenters. The predicted octanol–water partition coefficient (Wildman–Crippen LogP) is 3.24. The summed E-state index contributed by atoms with van der Waals surface area (Å²) in [4.78, 5) is 34.8. The van der Waals surface area contributed by atoms with Crippen molar-refractivity contribution in [1.82, 2.24) is 5.32 Å². The lowest BCUT2D eigenvalue weighted by molar-refractivity contribution is -0.138. The number of nitrogens with one attached hydrogen (secondary N) is 1. The van der Waals surface area contributed by atoms with Crippen molar-refractivity contribution in [2.75, 3.05) is 13.2 Å². The molecule has 0 saturated heterocycles. The molecule has 1 heterocycles. The molecule has 0 spiro atoms. The van der Waals surface area contributed by atoms with E-state index in [0.717, 1.165) is 0 Å². The van der Waals surface area contributed by atoms with Gasteiger partial charge in [0.1, 0.15) is 29.4 Å². The Balaban J connectivity index is 1.82. The number of para-hydroxylation sites is 1. The average Bonchev–Trinajstić information content (AvgIpc) is 2.69. The fourth-order valence-corrected chi connectivity index (χ4v) is 2.85. The third-order valence-electron chi connectivity index (χ3n) is 3.84. The maximum absolute atomic E-state index is 12.8. The molecule has 3 rings (SSSR count). The number of carboxylic acid groups (broad SMARTS) is 1. The van der Waals surface area contributed by atoms with Crippen LogP contribution in [-0.4, -0.2) is 30.1 Å². The van der Waals surface area contributed by atoms with E-state index in [-0.39, 0.29) is 29.1 Å². The van der Waals surface area contributed by atoms with Crippen molar-refractivity contribution < 1.29 is 28.6 Å². The van der Waals surface area contributed by atoms with Gasteiger partial charge >= 0.3 is 5.97 Å². The van der Waals surface area contributed by atoms with Crippen LogP contribution in [0.4, 0.5) is 0 Å². The number of rotatable bonds is 7. The van der Waals surface area contributed by atoms with Crippen LogP contribution in [0, 0.1) is 6.92 Å². The van der Waals surface area contributed by atoms with Crippen LogP contribution in [0.15, 0.2) is 56.1 Å². The number of carboxylic acids is 1. The lowest BCUT2D eigenvalue weighted by Gasteiger charge is -2.11. The number of carbonyl (C=O) groups is 2. The van der Waals surface area contributed by atoms with Gasteiger partial charge in [-0.25, -0.2) is 0 Å². The normalized spacial score (nSPS) is 10.6. The summed E-state index contributed by atoms with van der Waals surface area (Å²) in [6.07, 6.45) is 0. The zero-order valence-corrected chi connectivity index (χ0v) is 16.8. The third-order valence-corrected chi connectivity index (χ3v) is 4.50. The molecule has 29 heavy (non-hydrogen) atoms. The van der Waals surface area contributed by atoms with Gasteiger partial charge < -0.3 is 24.3 Å². The molecule has 0 unspecified atom stereocenters. The van der Waals surface area contributed by atoms with Gasteiger partial charge in [-0.3, -0.25) is 14.4 Å². The summed E-state index contributed by atoms with van der Waals surface area (Å²) in [7, 11) is 0. The van der Waals surface area contributed by atoms with Crippen LogP contribution in [-0.2, 0) is 9.59 Å². The molecule has 0 saturated carbocycles. The van der Waals surface area contributed by atoms with Gasteiger partial charge in [0, 0.05) is 6.07 Å². The maximum Gasteiger partial charge on any atom is 0.322 e. The highest BCUT2D eigenvalue weighted by Crippen LogP contribution is 2.31. The molecule has 0 radical (unpaired) electrons. The van der Waals surface area contributed by atoms with E-state index < -0.39 is 18.4 Å². The Morgan fingerprint density at radius 3 is 2.69 bits per heavy atom. The molecule has 0 aliphatic carbocycles. The summed E-state index contributed by atoms with van der Waals surface area (Å²) in [5.41, 5.74) is -0.0688. The maximum atomic E-state index is 12.8.